The Hall–Kier alpha value is -7.12. The molecule has 0 saturated heterocycles. The molecule has 0 amide bonds. The predicted octanol–water partition coefficient (Wildman–Crippen LogP) is 12.0. The van der Waals surface area contributed by atoms with Gasteiger partial charge in [0.15, 0.2) is 0 Å². The third-order valence-electron chi connectivity index (χ3n) is 13.6. The molecule has 1 unspecified atom stereocenters. The first kappa shape index (κ1) is 51.7. The normalized spacial score (nSPS) is 16.4. The molecule has 1 aliphatic heterocycles. The van der Waals surface area contributed by atoms with Crippen LogP contribution in [0.5, 0.6) is 23.0 Å². The van der Waals surface area contributed by atoms with Crippen LogP contribution in [0.15, 0.2) is 116 Å². The number of phenols is 1. The minimum Gasteiger partial charge on any atom is -0.508 e. The van der Waals surface area contributed by atoms with Crippen LogP contribution in [0.4, 0.5) is 8.78 Å². The number of nitrogens with zero attached hydrogens (tertiary/aromatic N) is 2. The molecule has 372 valence electrons. The molecule has 13 heteroatoms. The van der Waals surface area contributed by atoms with Crippen molar-refractivity contribution in [2.24, 2.45) is 23.7 Å². The number of ether oxygens (including phenoxy) is 5. The van der Waals surface area contributed by atoms with Gasteiger partial charge in [0, 0.05) is 40.2 Å². The smallest absolute Gasteiger partial charge is 0.309 e. The first-order valence-electron chi connectivity index (χ1n) is 23.9. The van der Waals surface area contributed by atoms with Gasteiger partial charge in [0.05, 0.1) is 58.3 Å². The molecule has 4 aromatic carbocycles. The van der Waals surface area contributed by atoms with Gasteiger partial charge in [0.2, 0.25) is 0 Å². The van der Waals surface area contributed by atoms with Crippen molar-refractivity contribution in [3.63, 3.8) is 0 Å². The van der Waals surface area contributed by atoms with Gasteiger partial charge in [-0.05, 0) is 146 Å². The van der Waals surface area contributed by atoms with E-state index in [9.17, 15) is 23.5 Å². The first-order valence-corrected chi connectivity index (χ1v) is 23.9. The van der Waals surface area contributed by atoms with E-state index in [2.05, 4.69) is 34.7 Å². The molecule has 2 aliphatic carbocycles. The molecule has 2 saturated carbocycles. The maximum atomic E-state index is 14.4. The third kappa shape index (κ3) is 12.6. The van der Waals surface area contributed by atoms with Crippen LogP contribution in [-0.2, 0) is 32.1 Å². The van der Waals surface area contributed by atoms with Crippen LogP contribution in [0.1, 0.15) is 97.5 Å². The Morgan fingerprint density at radius 3 is 1.69 bits per heavy atom. The van der Waals surface area contributed by atoms with Gasteiger partial charge < -0.3 is 33.9 Å². The van der Waals surface area contributed by atoms with Crippen molar-refractivity contribution in [2.75, 3.05) is 28.4 Å². The summed E-state index contributed by atoms with van der Waals surface area (Å²) in [4.78, 5) is 32.8. The Morgan fingerprint density at radius 1 is 0.704 bits per heavy atom. The molecular formula is C58H62F2N2O9. The second kappa shape index (κ2) is 23.7. The van der Waals surface area contributed by atoms with E-state index in [4.69, 9.17) is 28.8 Å². The molecule has 2 aromatic heterocycles. The fourth-order valence-electron chi connectivity index (χ4n) is 9.38. The quantitative estimate of drug-likeness (QED) is 0.0948. The second-order valence-corrected chi connectivity index (χ2v) is 18.2. The molecule has 2 N–H and O–H groups in total. The molecule has 3 heterocycles. The second-order valence-electron chi connectivity index (χ2n) is 18.2. The monoisotopic (exact) mass is 968 g/mol. The fourth-order valence-corrected chi connectivity index (χ4v) is 9.38. The molecule has 0 radical (unpaired) electrons. The number of hydrogen-bond donors (Lipinski definition) is 2. The maximum Gasteiger partial charge on any atom is 0.309 e. The lowest BCUT2D eigenvalue weighted by atomic mass is 9.82. The highest BCUT2D eigenvalue weighted by Gasteiger charge is 2.40. The summed E-state index contributed by atoms with van der Waals surface area (Å²) in [7, 11) is 5.96. The van der Waals surface area contributed by atoms with E-state index in [-0.39, 0.29) is 65.7 Å². The summed E-state index contributed by atoms with van der Waals surface area (Å²) in [5.74, 6) is 1.92. The molecular weight excluding hydrogens is 907 g/mol. The number of rotatable bonds is 15. The van der Waals surface area contributed by atoms with E-state index < -0.39 is 0 Å². The van der Waals surface area contributed by atoms with Crippen LogP contribution in [0.25, 0.3) is 28.3 Å². The number of halogens is 2. The molecule has 0 bridgehead atoms. The van der Waals surface area contributed by atoms with Crippen molar-refractivity contribution in [3.05, 3.63) is 161 Å². The van der Waals surface area contributed by atoms with Gasteiger partial charge in [-0.1, -0.05) is 56.8 Å². The number of carbonyl (C=O) groups excluding carboxylic acids is 2. The van der Waals surface area contributed by atoms with Crippen LogP contribution >= 0.6 is 0 Å². The Kier molecular flexibility index (Phi) is 17.2. The molecule has 3 aliphatic rings. The number of carbonyl (C=O) groups is 2. The van der Waals surface area contributed by atoms with E-state index in [1.807, 2.05) is 38.1 Å². The Morgan fingerprint density at radius 2 is 1.24 bits per heavy atom. The number of aliphatic hydroxyl groups excluding tert-OH is 1. The Balaban J connectivity index is 0.000000173. The van der Waals surface area contributed by atoms with Crippen molar-refractivity contribution < 1.29 is 52.3 Å². The van der Waals surface area contributed by atoms with Crippen LogP contribution in [-0.4, -0.2) is 60.6 Å². The zero-order chi connectivity index (χ0) is 50.8. The zero-order valence-electron chi connectivity index (χ0n) is 41.1. The highest BCUT2D eigenvalue weighted by molar-refractivity contribution is 5.74. The highest BCUT2D eigenvalue weighted by Crippen LogP contribution is 2.49. The van der Waals surface area contributed by atoms with E-state index in [1.165, 1.54) is 31.9 Å². The number of aliphatic hydroxyl groups is 1. The number of esters is 2. The Labute approximate surface area is 414 Å². The van der Waals surface area contributed by atoms with Crippen LogP contribution < -0.4 is 14.2 Å². The van der Waals surface area contributed by atoms with Crippen molar-refractivity contribution in [3.8, 4) is 45.3 Å². The minimum absolute atomic E-state index is 0.0751. The number of pyridine rings is 2. The highest BCUT2D eigenvalue weighted by atomic mass is 19.1. The van der Waals surface area contributed by atoms with Crippen molar-refractivity contribution in [2.45, 2.75) is 76.9 Å². The van der Waals surface area contributed by atoms with Gasteiger partial charge in [-0.25, -0.2) is 8.78 Å². The van der Waals surface area contributed by atoms with E-state index in [0.29, 0.717) is 51.2 Å². The van der Waals surface area contributed by atoms with Crippen molar-refractivity contribution >= 4 is 18.0 Å². The van der Waals surface area contributed by atoms with Crippen molar-refractivity contribution in [1.82, 2.24) is 9.97 Å². The molecule has 0 spiro atoms. The summed E-state index contributed by atoms with van der Waals surface area (Å²) in [5.41, 5.74) is 7.65. The van der Waals surface area contributed by atoms with E-state index >= 15 is 0 Å². The number of methoxy groups -OCH3 is 4. The summed E-state index contributed by atoms with van der Waals surface area (Å²) < 4.78 is 54.6. The molecule has 71 heavy (non-hydrogen) atoms. The lowest BCUT2D eigenvalue weighted by molar-refractivity contribution is -0.146. The molecule has 6 aromatic rings. The first-order chi connectivity index (χ1) is 34.3. The average molecular weight is 969 g/mol. The summed E-state index contributed by atoms with van der Waals surface area (Å²) >= 11 is 0. The number of fused-ring (bicyclic) bond motifs is 1. The van der Waals surface area contributed by atoms with Gasteiger partial charge in [-0.15, -0.1) is 0 Å². The Bertz CT molecular complexity index is 2790. The van der Waals surface area contributed by atoms with Crippen molar-refractivity contribution in [1.29, 1.82) is 0 Å². The zero-order valence-corrected chi connectivity index (χ0v) is 41.1. The number of benzene rings is 4. The topological polar surface area (TPSA) is 147 Å². The summed E-state index contributed by atoms with van der Waals surface area (Å²) in [6, 6.07) is 28.3. The number of aryl methyl sites for hydroxylation is 1. The summed E-state index contributed by atoms with van der Waals surface area (Å²) in [5, 5.41) is 18.9. The average Bonchev–Trinajstić information content (AvgIpc) is 4.37. The van der Waals surface area contributed by atoms with E-state index in [1.54, 1.807) is 75.2 Å². The molecule has 2 fully saturated rings. The van der Waals surface area contributed by atoms with Gasteiger partial charge in [-0.3, -0.25) is 19.6 Å². The summed E-state index contributed by atoms with van der Waals surface area (Å²) in [6.45, 7) is 7.25. The molecule has 11 nitrogen and oxygen atoms in total. The van der Waals surface area contributed by atoms with Gasteiger partial charge in [-0.2, -0.15) is 0 Å². The predicted molar refractivity (Wildman–Crippen MR) is 268 cm³/mol. The summed E-state index contributed by atoms with van der Waals surface area (Å²) in [6.07, 6.45) is 11.0. The van der Waals surface area contributed by atoms with Gasteiger partial charge in [0.25, 0.3) is 0 Å². The van der Waals surface area contributed by atoms with Gasteiger partial charge >= 0.3 is 11.9 Å². The fraction of sp³-hybridized carbons (Fsp3) is 0.345. The standard InChI is InChI=1S/C29H30FNO4.C15H20O4.C14H12FNO/c1-17(29(32)34-3)28(19-5-6-19)20-7-4-18-9-13-26(35-27(18)14-20)25-12-8-21(16-31-25)23-15-22(33-2)10-11-24(23)30;1-9(15(18)19-2)14(10-3-4-10)11-5-6-12(8-16)13(17)7-11;1-3-11-5-4-10(9-16-11)13-8-12(17-2)6-7-14(13)15/h4,7-8,10-12,14-17,19,26,28H,5-6,9,13H2,1-3H3;5-7,9-10,14,16-17H,3-4,8H2,1-2H3;3-9H,1H2,2H3/t17-,26?,28-;9-,14-;/m00./s1. The molecule has 5 atom stereocenters. The lowest BCUT2D eigenvalue weighted by Gasteiger charge is -2.28. The minimum atomic E-state index is -0.317. The van der Waals surface area contributed by atoms with E-state index in [0.717, 1.165) is 66.8 Å². The van der Waals surface area contributed by atoms with Crippen LogP contribution in [0, 0.1) is 35.3 Å². The molecule has 9 rings (SSSR count). The SMILES string of the molecule is C=Cc1ccc(-c2cc(OC)ccc2F)cn1.COC(=O)[C@@H](C)[C@H](c1ccc(CO)c(O)c1)C1CC1.COC(=O)[C@@H](C)[C@H](c1ccc2c(c1)OC(c1ccc(-c3cc(OC)ccc3F)cn1)CC2)C1CC1. The van der Waals surface area contributed by atoms with Gasteiger partial charge in [0.1, 0.15) is 40.7 Å². The maximum absolute atomic E-state index is 14.4. The number of hydrogen-bond acceptors (Lipinski definition) is 11. The number of aromatic hydroxyl groups is 1. The third-order valence-corrected chi connectivity index (χ3v) is 13.6. The van der Waals surface area contributed by atoms with Crippen LogP contribution in [0.3, 0.4) is 0 Å². The lowest BCUT2D eigenvalue weighted by Crippen LogP contribution is -2.23. The van der Waals surface area contributed by atoms with Crippen LogP contribution in [0.2, 0.25) is 0 Å². The largest absolute Gasteiger partial charge is 0.508 e. The number of aromatic nitrogens is 2.